The molecule has 0 unspecified atom stereocenters. The van der Waals surface area contributed by atoms with Crippen LogP contribution in [0.5, 0.6) is 0 Å². The van der Waals surface area contributed by atoms with Gasteiger partial charge >= 0.3 is 0 Å². The first-order chi connectivity index (χ1) is 8.68. The number of aromatic carboxylic acids is 1. The maximum absolute atomic E-state index is 11.9. The molecular weight excluding hydrogens is 234 g/mol. The van der Waals surface area contributed by atoms with Crippen LogP contribution in [-0.4, -0.2) is 27.9 Å². The third-order valence-electron chi connectivity index (χ3n) is 3.05. The second-order valence-electron chi connectivity index (χ2n) is 4.35. The molecular formula is C12H14N3O3-. The van der Waals surface area contributed by atoms with Crippen molar-refractivity contribution in [3.8, 4) is 0 Å². The fourth-order valence-electron chi connectivity index (χ4n) is 2.15. The lowest BCUT2D eigenvalue weighted by atomic mass is 9.95. The fourth-order valence-corrected chi connectivity index (χ4v) is 2.15. The van der Waals surface area contributed by atoms with Crippen LogP contribution in [0.1, 0.15) is 53.1 Å². The number of nitrogens with one attached hydrogen (secondary N) is 1. The molecule has 1 aliphatic rings. The first-order valence-corrected chi connectivity index (χ1v) is 6.01. The van der Waals surface area contributed by atoms with E-state index >= 15 is 0 Å². The Hall–Kier alpha value is -1.98. The van der Waals surface area contributed by atoms with Crippen molar-refractivity contribution >= 4 is 11.9 Å². The number of carbonyl (C=O) groups excluding carboxylic acids is 2. The molecule has 1 aliphatic carbocycles. The largest absolute Gasteiger partial charge is 0.543 e. The molecule has 0 radical (unpaired) electrons. The highest BCUT2D eigenvalue weighted by molar-refractivity contribution is 6.01. The number of nitrogens with zero attached hydrogens (tertiary/aromatic N) is 2. The van der Waals surface area contributed by atoms with Crippen molar-refractivity contribution in [2.24, 2.45) is 0 Å². The number of aromatic nitrogens is 2. The van der Waals surface area contributed by atoms with Crippen molar-refractivity contribution < 1.29 is 14.7 Å². The molecule has 0 atom stereocenters. The predicted molar refractivity (Wildman–Crippen MR) is 60.7 cm³/mol. The topological polar surface area (TPSA) is 95.0 Å². The van der Waals surface area contributed by atoms with Crippen LogP contribution in [0.25, 0.3) is 0 Å². The van der Waals surface area contributed by atoms with E-state index in [1.807, 2.05) is 0 Å². The van der Waals surface area contributed by atoms with Crippen LogP contribution in [0.3, 0.4) is 0 Å². The molecule has 6 nitrogen and oxygen atoms in total. The van der Waals surface area contributed by atoms with Gasteiger partial charge in [-0.2, -0.15) is 0 Å². The molecule has 1 fully saturated rings. The Morgan fingerprint density at radius 3 is 2.33 bits per heavy atom. The molecule has 0 spiro atoms. The molecule has 2 rings (SSSR count). The van der Waals surface area contributed by atoms with Crippen LogP contribution in [0, 0.1) is 0 Å². The molecule has 0 bridgehead atoms. The smallest absolute Gasteiger partial charge is 0.272 e. The minimum absolute atomic E-state index is 0.0999. The van der Waals surface area contributed by atoms with E-state index in [0.29, 0.717) is 0 Å². The zero-order chi connectivity index (χ0) is 13.0. The summed E-state index contributed by atoms with van der Waals surface area (Å²) in [6.07, 6.45) is 7.71. The summed E-state index contributed by atoms with van der Waals surface area (Å²) < 4.78 is 0. The Morgan fingerprint density at radius 1 is 1.11 bits per heavy atom. The number of carboxylic acids is 1. The highest BCUT2D eigenvalue weighted by Crippen LogP contribution is 2.17. The van der Waals surface area contributed by atoms with Crippen molar-refractivity contribution in [2.75, 3.05) is 0 Å². The molecule has 1 aromatic heterocycles. The molecule has 1 heterocycles. The molecule has 1 aromatic rings. The van der Waals surface area contributed by atoms with E-state index in [2.05, 4.69) is 15.3 Å². The molecule has 1 saturated carbocycles. The van der Waals surface area contributed by atoms with Gasteiger partial charge in [0, 0.05) is 18.4 Å². The normalized spacial score (nSPS) is 16.2. The van der Waals surface area contributed by atoms with E-state index in [1.54, 1.807) is 0 Å². The fraction of sp³-hybridized carbons (Fsp3) is 0.500. The van der Waals surface area contributed by atoms with Gasteiger partial charge in [0.25, 0.3) is 5.91 Å². The quantitative estimate of drug-likeness (QED) is 0.806. The van der Waals surface area contributed by atoms with Crippen LogP contribution in [0.2, 0.25) is 0 Å². The number of carbonyl (C=O) groups is 2. The second kappa shape index (κ2) is 5.57. The lowest BCUT2D eigenvalue weighted by Gasteiger charge is -2.22. The third-order valence-corrected chi connectivity index (χ3v) is 3.05. The predicted octanol–water partition coefficient (Wildman–Crippen LogP) is -0.0974. The maximum Gasteiger partial charge on any atom is 0.272 e. The molecule has 1 N–H and O–H groups in total. The monoisotopic (exact) mass is 248 g/mol. The number of hydrogen-bond acceptors (Lipinski definition) is 5. The number of carboxylic acid groups (broad SMARTS) is 1. The molecule has 1 amide bonds. The van der Waals surface area contributed by atoms with Gasteiger partial charge in [-0.05, 0) is 12.8 Å². The van der Waals surface area contributed by atoms with Gasteiger partial charge in [-0.25, -0.2) is 4.98 Å². The second-order valence-corrected chi connectivity index (χ2v) is 4.35. The van der Waals surface area contributed by atoms with Gasteiger partial charge in [-0.1, -0.05) is 19.3 Å². The van der Waals surface area contributed by atoms with Gasteiger partial charge in [0.2, 0.25) is 0 Å². The Morgan fingerprint density at radius 2 is 1.72 bits per heavy atom. The van der Waals surface area contributed by atoms with Crippen molar-refractivity contribution in [1.82, 2.24) is 15.3 Å². The summed E-state index contributed by atoms with van der Waals surface area (Å²) in [6, 6.07) is 0.0999. The maximum atomic E-state index is 11.9. The number of amides is 1. The van der Waals surface area contributed by atoms with Crippen molar-refractivity contribution in [3.63, 3.8) is 0 Å². The summed E-state index contributed by atoms with van der Waals surface area (Å²) in [6.45, 7) is 0. The van der Waals surface area contributed by atoms with E-state index in [-0.39, 0.29) is 11.7 Å². The highest BCUT2D eigenvalue weighted by atomic mass is 16.4. The Bertz CT molecular complexity index is 456. The van der Waals surface area contributed by atoms with Gasteiger partial charge in [0.05, 0.1) is 5.97 Å². The molecule has 0 aliphatic heterocycles. The zero-order valence-corrected chi connectivity index (χ0v) is 9.89. The van der Waals surface area contributed by atoms with Gasteiger partial charge in [0.1, 0.15) is 5.69 Å². The standard InChI is InChI=1S/C12H15N3O3/c16-11(15-8-4-2-1-3-5-8)9-10(12(17)18)14-7-6-13-9/h6-8H,1-5H2,(H,15,16)(H,17,18)/p-1. The van der Waals surface area contributed by atoms with Gasteiger partial charge < -0.3 is 15.2 Å². The molecule has 18 heavy (non-hydrogen) atoms. The summed E-state index contributed by atoms with van der Waals surface area (Å²) in [5.74, 6) is -1.98. The van der Waals surface area contributed by atoms with Crippen LogP contribution in [0.15, 0.2) is 12.4 Å². The van der Waals surface area contributed by atoms with Crippen molar-refractivity contribution in [3.05, 3.63) is 23.8 Å². The van der Waals surface area contributed by atoms with E-state index in [0.717, 1.165) is 25.7 Å². The molecule has 0 saturated heterocycles. The third kappa shape index (κ3) is 2.82. The molecule has 96 valence electrons. The summed E-state index contributed by atoms with van der Waals surface area (Å²) in [7, 11) is 0. The van der Waals surface area contributed by atoms with Crippen LogP contribution >= 0.6 is 0 Å². The van der Waals surface area contributed by atoms with Crippen LogP contribution < -0.4 is 10.4 Å². The van der Waals surface area contributed by atoms with E-state index in [4.69, 9.17) is 0 Å². The number of rotatable bonds is 3. The van der Waals surface area contributed by atoms with Crippen LogP contribution in [0.4, 0.5) is 0 Å². The Balaban J connectivity index is 2.10. The average molecular weight is 248 g/mol. The first kappa shape index (κ1) is 12.5. The summed E-state index contributed by atoms with van der Waals surface area (Å²) >= 11 is 0. The lowest BCUT2D eigenvalue weighted by molar-refractivity contribution is -0.255. The summed E-state index contributed by atoms with van der Waals surface area (Å²) in [4.78, 5) is 30.1. The van der Waals surface area contributed by atoms with Gasteiger partial charge in [-0.15, -0.1) is 0 Å². The average Bonchev–Trinajstić information content (AvgIpc) is 2.40. The van der Waals surface area contributed by atoms with Crippen LogP contribution in [-0.2, 0) is 0 Å². The number of hydrogen-bond donors (Lipinski definition) is 1. The van der Waals surface area contributed by atoms with Crippen molar-refractivity contribution in [2.45, 2.75) is 38.1 Å². The lowest BCUT2D eigenvalue weighted by Crippen LogP contribution is -2.38. The first-order valence-electron chi connectivity index (χ1n) is 6.01. The van der Waals surface area contributed by atoms with Gasteiger partial charge in [-0.3, -0.25) is 9.78 Å². The Labute approximate surface area is 104 Å². The SMILES string of the molecule is O=C([O-])c1nccnc1C(=O)NC1CCCCC1. The van der Waals surface area contributed by atoms with Crippen molar-refractivity contribution in [1.29, 1.82) is 0 Å². The van der Waals surface area contributed by atoms with E-state index < -0.39 is 17.6 Å². The highest BCUT2D eigenvalue weighted by Gasteiger charge is 2.20. The van der Waals surface area contributed by atoms with E-state index in [1.165, 1.54) is 18.8 Å². The minimum Gasteiger partial charge on any atom is -0.543 e. The molecule has 6 heteroatoms. The minimum atomic E-state index is -1.49. The van der Waals surface area contributed by atoms with E-state index in [9.17, 15) is 14.7 Å². The Kier molecular flexibility index (Phi) is 3.86. The summed E-state index contributed by atoms with van der Waals surface area (Å²) in [5, 5.41) is 13.6. The molecule has 0 aromatic carbocycles. The summed E-state index contributed by atoms with van der Waals surface area (Å²) in [5.41, 5.74) is -0.589. The zero-order valence-electron chi connectivity index (χ0n) is 9.89. The van der Waals surface area contributed by atoms with Gasteiger partial charge in [0.15, 0.2) is 5.69 Å².